The van der Waals surface area contributed by atoms with Gasteiger partial charge in [-0.2, -0.15) is 0 Å². The fourth-order valence-electron chi connectivity index (χ4n) is 12.6. The number of carbonyl (C=O) groups excluding carboxylic acids is 4. The standard InChI is InChI=1S/C81H158O17P2/c1-6-9-12-15-18-21-23-25-27-29-31-33-35-37-39-41-46-51-56-61-66-80(85)98-77(71-92-79(84)65-60-55-50-45-40-38-36-34-32-30-28-26-24-22-19-16-13-10-7-2)73-96-100(89,90)94-69-75(82)68-93-99(87,88)95-72-76(70-91-78(83)64-59-54-49-20-17-14-11-8-3)97-81(86)67-62-57-52-47-43-42-44-48-53-58-63-74(4)5/h74-77,82H,6-73H2,1-5H3,(H,87,88)(H,89,90)/t75-,76+,77+/m0/s1. The number of ether oxygens (including phenoxy) is 4. The highest BCUT2D eigenvalue weighted by Crippen LogP contribution is 2.45. The maximum absolute atomic E-state index is 13.1. The molecule has 3 N–H and O–H groups in total. The van der Waals surface area contributed by atoms with Crippen molar-refractivity contribution in [1.29, 1.82) is 0 Å². The molecule has 0 spiro atoms. The fourth-order valence-corrected chi connectivity index (χ4v) is 14.2. The summed E-state index contributed by atoms with van der Waals surface area (Å²) in [6, 6.07) is 0. The number of aliphatic hydroxyl groups is 1. The van der Waals surface area contributed by atoms with E-state index >= 15 is 0 Å². The molecule has 0 aromatic heterocycles. The Morgan fingerprint density at radius 1 is 0.270 bits per heavy atom. The van der Waals surface area contributed by atoms with Gasteiger partial charge in [-0.3, -0.25) is 37.3 Å². The van der Waals surface area contributed by atoms with Crippen LogP contribution in [0.2, 0.25) is 0 Å². The third-order valence-corrected chi connectivity index (χ3v) is 20.9. The second-order valence-electron chi connectivity index (χ2n) is 29.6. The van der Waals surface area contributed by atoms with E-state index in [4.69, 9.17) is 37.0 Å². The summed E-state index contributed by atoms with van der Waals surface area (Å²) in [5.74, 6) is -1.36. The van der Waals surface area contributed by atoms with Crippen LogP contribution in [0.3, 0.4) is 0 Å². The maximum Gasteiger partial charge on any atom is 0.472 e. The highest BCUT2D eigenvalue weighted by atomic mass is 31.2. The van der Waals surface area contributed by atoms with Crippen LogP contribution in [0.4, 0.5) is 0 Å². The number of phosphoric ester groups is 2. The summed E-state index contributed by atoms with van der Waals surface area (Å²) in [6.07, 6.45) is 65.4. The van der Waals surface area contributed by atoms with Crippen LogP contribution in [0, 0.1) is 5.92 Å². The van der Waals surface area contributed by atoms with Crippen LogP contribution in [0.5, 0.6) is 0 Å². The third-order valence-electron chi connectivity index (χ3n) is 19.0. The summed E-state index contributed by atoms with van der Waals surface area (Å²) in [6.45, 7) is 7.29. The summed E-state index contributed by atoms with van der Waals surface area (Å²) in [5, 5.41) is 10.6. The summed E-state index contributed by atoms with van der Waals surface area (Å²) < 4.78 is 68.6. The van der Waals surface area contributed by atoms with Crippen molar-refractivity contribution >= 4 is 39.5 Å². The predicted octanol–water partition coefficient (Wildman–Crippen LogP) is 24.4. The van der Waals surface area contributed by atoms with Gasteiger partial charge in [-0.05, 0) is 31.6 Å². The SMILES string of the molecule is CCCCCCCCCCCCCCCCCCCCCCC(=O)O[C@H](COC(=O)CCCCCCCCCCCCCCCCCCCCC)COP(=O)(O)OC[C@@H](O)COP(=O)(O)OC[C@@H](COC(=O)CCCCCCCCCC)OC(=O)CCCCCCCCCCCCC(C)C. The highest BCUT2D eigenvalue weighted by Gasteiger charge is 2.30. The molecule has 0 saturated heterocycles. The molecule has 0 amide bonds. The monoisotopic (exact) mass is 1470 g/mol. The number of hydrogen-bond donors (Lipinski definition) is 3. The van der Waals surface area contributed by atoms with Crippen LogP contribution in [0.25, 0.3) is 0 Å². The molecule has 0 rings (SSSR count). The van der Waals surface area contributed by atoms with E-state index in [9.17, 15) is 43.2 Å². The molecule has 0 bridgehead atoms. The third kappa shape index (κ3) is 74.3. The molecule has 0 aromatic carbocycles. The van der Waals surface area contributed by atoms with Crippen LogP contribution < -0.4 is 0 Å². The summed E-state index contributed by atoms with van der Waals surface area (Å²) in [5.41, 5.74) is 0. The van der Waals surface area contributed by atoms with Crippen LogP contribution in [0.1, 0.15) is 433 Å². The van der Waals surface area contributed by atoms with E-state index in [1.807, 2.05) is 0 Å². The topological polar surface area (TPSA) is 237 Å². The Hall–Kier alpha value is -1.94. The molecular formula is C81H158O17P2. The number of carbonyl (C=O) groups is 4. The number of unbranched alkanes of at least 4 members (excludes halogenated alkanes) is 53. The zero-order valence-electron chi connectivity index (χ0n) is 65.3. The van der Waals surface area contributed by atoms with Gasteiger partial charge in [0.1, 0.15) is 19.3 Å². The van der Waals surface area contributed by atoms with Crippen LogP contribution in [0.15, 0.2) is 0 Å². The van der Waals surface area contributed by atoms with Crippen molar-refractivity contribution in [3.63, 3.8) is 0 Å². The lowest BCUT2D eigenvalue weighted by atomic mass is 10.0. The van der Waals surface area contributed by atoms with Gasteiger partial charge >= 0.3 is 39.5 Å². The van der Waals surface area contributed by atoms with Gasteiger partial charge in [0.25, 0.3) is 0 Å². The van der Waals surface area contributed by atoms with Gasteiger partial charge in [-0.1, -0.05) is 381 Å². The Morgan fingerprint density at radius 2 is 0.460 bits per heavy atom. The molecule has 2 unspecified atom stereocenters. The minimum absolute atomic E-state index is 0.106. The van der Waals surface area contributed by atoms with E-state index in [-0.39, 0.29) is 25.7 Å². The normalized spacial score (nSPS) is 13.8. The van der Waals surface area contributed by atoms with Crippen LogP contribution in [-0.2, 0) is 65.4 Å². The Balaban J connectivity index is 5.19. The van der Waals surface area contributed by atoms with E-state index < -0.39 is 97.5 Å². The van der Waals surface area contributed by atoms with E-state index in [1.165, 1.54) is 250 Å². The van der Waals surface area contributed by atoms with Crippen LogP contribution in [-0.4, -0.2) is 96.7 Å². The number of phosphoric acid groups is 2. The van der Waals surface area contributed by atoms with Crippen molar-refractivity contribution in [1.82, 2.24) is 0 Å². The van der Waals surface area contributed by atoms with E-state index in [1.54, 1.807) is 0 Å². The lowest BCUT2D eigenvalue weighted by Gasteiger charge is -2.21. The Kier molecular flexibility index (Phi) is 72.5. The predicted molar refractivity (Wildman–Crippen MR) is 409 cm³/mol. The van der Waals surface area contributed by atoms with Crippen molar-refractivity contribution in [2.45, 2.75) is 451 Å². The molecule has 17 nitrogen and oxygen atoms in total. The zero-order chi connectivity index (χ0) is 73.4. The molecule has 0 aliphatic rings. The molecule has 0 aromatic rings. The average Bonchev–Trinajstić information content (AvgIpc) is 0.931. The molecule has 0 saturated carbocycles. The molecule has 0 aliphatic carbocycles. The lowest BCUT2D eigenvalue weighted by Crippen LogP contribution is -2.30. The quantitative estimate of drug-likeness (QED) is 0.0222. The summed E-state index contributed by atoms with van der Waals surface area (Å²) >= 11 is 0. The average molecular weight is 1470 g/mol. The van der Waals surface area contributed by atoms with Crippen molar-refractivity contribution in [2.75, 3.05) is 39.6 Å². The first-order chi connectivity index (χ1) is 48.5. The van der Waals surface area contributed by atoms with Gasteiger partial charge < -0.3 is 33.8 Å². The second-order valence-corrected chi connectivity index (χ2v) is 32.5. The van der Waals surface area contributed by atoms with Crippen molar-refractivity contribution in [2.24, 2.45) is 5.92 Å². The lowest BCUT2D eigenvalue weighted by molar-refractivity contribution is -0.161. The minimum atomic E-state index is -4.96. The van der Waals surface area contributed by atoms with Crippen LogP contribution >= 0.6 is 15.6 Å². The molecule has 100 heavy (non-hydrogen) atoms. The van der Waals surface area contributed by atoms with E-state index in [2.05, 4.69) is 34.6 Å². The molecule has 594 valence electrons. The number of aliphatic hydroxyl groups excluding tert-OH is 1. The Morgan fingerprint density at radius 3 is 0.680 bits per heavy atom. The first-order valence-electron chi connectivity index (χ1n) is 42.1. The number of esters is 4. The number of hydrogen-bond acceptors (Lipinski definition) is 15. The van der Waals surface area contributed by atoms with Crippen molar-refractivity contribution < 1.29 is 80.2 Å². The summed E-state index contributed by atoms with van der Waals surface area (Å²) in [7, 11) is -9.91. The van der Waals surface area contributed by atoms with E-state index in [0.29, 0.717) is 25.7 Å². The first-order valence-corrected chi connectivity index (χ1v) is 45.1. The smallest absolute Gasteiger partial charge is 0.462 e. The summed E-state index contributed by atoms with van der Waals surface area (Å²) in [4.78, 5) is 72.9. The Bertz CT molecular complexity index is 1910. The van der Waals surface area contributed by atoms with E-state index in [0.717, 1.165) is 102 Å². The number of rotatable bonds is 81. The largest absolute Gasteiger partial charge is 0.472 e. The maximum atomic E-state index is 13.1. The van der Waals surface area contributed by atoms with Crippen molar-refractivity contribution in [3.8, 4) is 0 Å². The van der Waals surface area contributed by atoms with Gasteiger partial charge in [0, 0.05) is 25.7 Å². The molecule has 0 heterocycles. The molecule has 0 fully saturated rings. The van der Waals surface area contributed by atoms with Gasteiger partial charge in [-0.25, -0.2) is 9.13 Å². The minimum Gasteiger partial charge on any atom is -0.462 e. The molecule has 19 heteroatoms. The highest BCUT2D eigenvalue weighted by molar-refractivity contribution is 7.47. The van der Waals surface area contributed by atoms with Gasteiger partial charge in [0.15, 0.2) is 12.2 Å². The van der Waals surface area contributed by atoms with Gasteiger partial charge in [0.2, 0.25) is 0 Å². The van der Waals surface area contributed by atoms with Gasteiger partial charge in [-0.15, -0.1) is 0 Å². The molecule has 0 radical (unpaired) electrons. The van der Waals surface area contributed by atoms with Gasteiger partial charge in [0.05, 0.1) is 26.4 Å². The molecule has 5 atom stereocenters. The second kappa shape index (κ2) is 73.9. The Labute approximate surface area is 613 Å². The zero-order valence-corrected chi connectivity index (χ0v) is 67.1. The molecule has 0 aliphatic heterocycles. The van der Waals surface area contributed by atoms with Crippen molar-refractivity contribution in [3.05, 3.63) is 0 Å². The first kappa shape index (κ1) is 98.1. The fraction of sp³-hybridized carbons (Fsp3) is 0.951. The molecular weight excluding hydrogens is 1310 g/mol.